The van der Waals surface area contributed by atoms with Gasteiger partial charge in [0.15, 0.2) is 0 Å². The predicted octanol–water partition coefficient (Wildman–Crippen LogP) is 2.80. The van der Waals surface area contributed by atoms with Crippen molar-refractivity contribution in [2.24, 2.45) is 17.3 Å². The maximum Gasteiger partial charge on any atom is 0.227 e. The van der Waals surface area contributed by atoms with Crippen molar-refractivity contribution < 1.29 is 4.79 Å². The third-order valence-corrected chi connectivity index (χ3v) is 5.11. The van der Waals surface area contributed by atoms with Crippen molar-refractivity contribution in [2.75, 3.05) is 13.1 Å². The summed E-state index contributed by atoms with van der Waals surface area (Å²) in [7, 11) is 0. The molecule has 0 aromatic heterocycles. The second-order valence-electron chi connectivity index (χ2n) is 8.18. The third-order valence-electron chi connectivity index (χ3n) is 5.11. The van der Waals surface area contributed by atoms with E-state index in [9.17, 15) is 4.79 Å². The molecule has 20 heavy (non-hydrogen) atoms. The molecule has 0 spiro atoms. The number of amides is 1. The normalized spacial score (nSPS) is 25.3. The number of rotatable bonds is 4. The van der Waals surface area contributed by atoms with E-state index in [2.05, 4.69) is 10.2 Å². The minimum Gasteiger partial charge on any atom is -0.342 e. The molecule has 0 bridgehead atoms. The topological polar surface area (TPSA) is 32.3 Å². The number of nitrogens with one attached hydrogen (secondary N) is 1. The van der Waals surface area contributed by atoms with Crippen molar-refractivity contribution in [3.63, 3.8) is 0 Å². The number of hydrogen-bond acceptors (Lipinski definition) is 2. The van der Waals surface area contributed by atoms with E-state index in [1.54, 1.807) is 0 Å². The van der Waals surface area contributed by atoms with Gasteiger partial charge in [0.05, 0.1) is 0 Å². The number of carbonyl (C=O) groups is 1. The van der Waals surface area contributed by atoms with Crippen LogP contribution in [-0.4, -0.2) is 36.0 Å². The summed E-state index contributed by atoms with van der Waals surface area (Å²) >= 11 is 0. The molecule has 1 N–H and O–H groups in total. The monoisotopic (exact) mass is 278 g/mol. The van der Waals surface area contributed by atoms with Gasteiger partial charge in [-0.05, 0) is 50.4 Å². The maximum absolute atomic E-state index is 12.3. The van der Waals surface area contributed by atoms with Crippen LogP contribution in [0.1, 0.15) is 59.3 Å². The van der Waals surface area contributed by atoms with E-state index in [0.717, 1.165) is 43.8 Å². The SMILES string of the molecule is CC(C)(C)C(=O)N1CCC(NC(C2CC2)C2CC2)CC1. The Kier molecular flexibility index (Phi) is 3.83. The number of carbonyl (C=O) groups excluding carboxylic acids is 1. The standard InChI is InChI=1S/C17H30N2O/c1-17(2,3)16(20)19-10-8-14(9-11-19)18-15(12-4-5-12)13-6-7-13/h12-15,18H,4-11H2,1-3H3. The van der Waals surface area contributed by atoms with Gasteiger partial charge in [-0.1, -0.05) is 20.8 Å². The fourth-order valence-corrected chi connectivity index (χ4v) is 3.56. The van der Waals surface area contributed by atoms with Crippen molar-refractivity contribution in [3.8, 4) is 0 Å². The van der Waals surface area contributed by atoms with Crippen LogP contribution in [0.25, 0.3) is 0 Å². The second-order valence-corrected chi connectivity index (χ2v) is 8.18. The molecule has 0 radical (unpaired) electrons. The quantitative estimate of drug-likeness (QED) is 0.857. The van der Waals surface area contributed by atoms with Crippen molar-refractivity contribution in [1.82, 2.24) is 10.2 Å². The molecule has 3 fully saturated rings. The van der Waals surface area contributed by atoms with Crippen LogP contribution in [-0.2, 0) is 4.79 Å². The zero-order chi connectivity index (χ0) is 14.3. The Morgan fingerprint density at radius 2 is 1.50 bits per heavy atom. The molecule has 3 heteroatoms. The first-order valence-electron chi connectivity index (χ1n) is 8.50. The summed E-state index contributed by atoms with van der Waals surface area (Å²) in [6.45, 7) is 7.95. The summed E-state index contributed by atoms with van der Waals surface area (Å²) in [6, 6.07) is 1.44. The Labute approximate surface area is 123 Å². The number of hydrogen-bond donors (Lipinski definition) is 1. The van der Waals surface area contributed by atoms with Gasteiger partial charge in [0.2, 0.25) is 5.91 Å². The van der Waals surface area contributed by atoms with E-state index in [0.29, 0.717) is 11.9 Å². The molecule has 3 aliphatic rings. The lowest BCUT2D eigenvalue weighted by molar-refractivity contribution is -0.140. The highest BCUT2D eigenvalue weighted by atomic mass is 16.2. The number of piperidine rings is 1. The van der Waals surface area contributed by atoms with Gasteiger partial charge in [-0.25, -0.2) is 0 Å². The average molecular weight is 278 g/mol. The first kappa shape index (κ1) is 14.4. The summed E-state index contributed by atoms with van der Waals surface area (Å²) < 4.78 is 0. The highest BCUT2D eigenvalue weighted by Gasteiger charge is 2.42. The minimum absolute atomic E-state index is 0.231. The van der Waals surface area contributed by atoms with E-state index in [1.165, 1.54) is 25.7 Å². The fraction of sp³-hybridized carbons (Fsp3) is 0.941. The Hall–Kier alpha value is -0.570. The van der Waals surface area contributed by atoms with Gasteiger partial charge in [0, 0.05) is 30.6 Å². The lowest BCUT2D eigenvalue weighted by Gasteiger charge is -2.37. The Morgan fingerprint density at radius 1 is 1.00 bits per heavy atom. The van der Waals surface area contributed by atoms with Crippen LogP contribution < -0.4 is 5.32 Å². The zero-order valence-electron chi connectivity index (χ0n) is 13.3. The van der Waals surface area contributed by atoms with Gasteiger partial charge in [-0.3, -0.25) is 4.79 Å². The lowest BCUT2D eigenvalue weighted by Crippen LogP contribution is -2.50. The molecule has 2 saturated carbocycles. The molecule has 1 saturated heterocycles. The highest BCUT2D eigenvalue weighted by molar-refractivity contribution is 5.81. The van der Waals surface area contributed by atoms with Crippen LogP contribution >= 0.6 is 0 Å². The Morgan fingerprint density at radius 3 is 1.90 bits per heavy atom. The molecule has 0 aromatic carbocycles. The molecule has 1 heterocycles. The summed E-state index contributed by atoms with van der Waals surface area (Å²) in [5, 5.41) is 3.94. The average Bonchev–Trinajstić information content (AvgIpc) is 3.28. The van der Waals surface area contributed by atoms with E-state index in [-0.39, 0.29) is 5.41 Å². The maximum atomic E-state index is 12.3. The number of likely N-dealkylation sites (tertiary alicyclic amines) is 1. The molecule has 1 aliphatic heterocycles. The van der Waals surface area contributed by atoms with Gasteiger partial charge in [0.25, 0.3) is 0 Å². The van der Waals surface area contributed by atoms with Crippen molar-refractivity contribution in [1.29, 1.82) is 0 Å². The number of nitrogens with zero attached hydrogens (tertiary/aromatic N) is 1. The summed E-state index contributed by atoms with van der Waals surface area (Å²) in [6.07, 6.45) is 8.03. The van der Waals surface area contributed by atoms with Gasteiger partial charge in [0.1, 0.15) is 0 Å². The minimum atomic E-state index is -0.231. The van der Waals surface area contributed by atoms with Crippen molar-refractivity contribution in [2.45, 2.75) is 71.4 Å². The zero-order valence-corrected chi connectivity index (χ0v) is 13.3. The van der Waals surface area contributed by atoms with Gasteiger partial charge in [-0.2, -0.15) is 0 Å². The third kappa shape index (κ3) is 3.36. The van der Waals surface area contributed by atoms with Crippen LogP contribution in [0.3, 0.4) is 0 Å². The van der Waals surface area contributed by atoms with E-state index < -0.39 is 0 Å². The van der Waals surface area contributed by atoms with Crippen molar-refractivity contribution in [3.05, 3.63) is 0 Å². The van der Waals surface area contributed by atoms with Gasteiger partial charge >= 0.3 is 0 Å². The molecule has 2 aliphatic carbocycles. The lowest BCUT2D eigenvalue weighted by atomic mass is 9.92. The molecule has 0 atom stereocenters. The van der Waals surface area contributed by atoms with Crippen LogP contribution in [0.15, 0.2) is 0 Å². The van der Waals surface area contributed by atoms with E-state index in [1.807, 2.05) is 20.8 Å². The predicted molar refractivity (Wildman–Crippen MR) is 81.4 cm³/mol. The van der Waals surface area contributed by atoms with Crippen LogP contribution in [0, 0.1) is 17.3 Å². The Balaban J connectivity index is 1.47. The van der Waals surface area contributed by atoms with Crippen molar-refractivity contribution >= 4 is 5.91 Å². The molecule has 0 unspecified atom stereocenters. The molecule has 3 rings (SSSR count). The van der Waals surface area contributed by atoms with Crippen LogP contribution in [0.2, 0.25) is 0 Å². The molecular weight excluding hydrogens is 248 g/mol. The van der Waals surface area contributed by atoms with Crippen LogP contribution in [0.5, 0.6) is 0 Å². The van der Waals surface area contributed by atoms with Gasteiger partial charge < -0.3 is 10.2 Å². The van der Waals surface area contributed by atoms with E-state index >= 15 is 0 Å². The second kappa shape index (κ2) is 5.32. The summed E-state index contributed by atoms with van der Waals surface area (Å²) in [4.78, 5) is 14.4. The molecule has 114 valence electrons. The summed E-state index contributed by atoms with van der Waals surface area (Å²) in [5.41, 5.74) is -0.231. The Bertz CT molecular complexity index is 346. The fourth-order valence-electron chi connectivity index (χ4n) is 3.56. The molecular formula is C17H30N2O. The highest BCUT2D eigenvalue weighted by Crippen LogP contribution is 2.45. The molecule has 3 nitrogen and oxygen atoms in total. The smallest absolute Gasteiger partial charge is 0.227 e. The van der Waals surface area contributed by atoms with E-state index in [4.69, 9.17) is 0 Å². The molecule has 1 amide bonds. The first-order chi connectivity index (χ1) is 9.45. The molecule has 0 aromatic rings. The first-order valence-corrected chi connectivity index (χ1v) is 8.50. The largest absolute Gasteiger partial charge is 0.342 e. The van der Waals surface area contributed by atoms with Gasteiger partial charge in [-0.15, -0.1) is 0 Å². The summed E-state index contributed by atoms with van der Waals surface area (Å²) in [5.74, 6) is 2.25. The van der Waals surface area contributed by atoms with Crippen LogP contribution in [0.4, 0.5) is 0 Å².